The topological polar surface area (TPSA) is 141 Å². The van der Waals surface area contributed by atoms with Gasteiger partial charge in [0, 0.05) is 0 Å². The third-order valence-corrected chi connectivity index (χ3v) is 3.25. The minimum absolute atomic E-state index is 0.226. The minimum Gasteiger partial charge on any atom is -0.399 e. The summed E-state index contributed by atoms with van der Waals surface area (Å²) in [4.78, 5) is 16.5. The molecule has 0 aromatic carbocycles. The average Bonchev–Trinajstić information content (AvgIpc) is 3.02. The smallest absolute Gasteiger partial charge is 0.167 e. The summed E-state index contributed by atoms with van der Waals surface area (Å²) in [5, 5.41) is 23.6. The van der Waals surface area contributed by atoms with Crippen LogP contribution < -0.4 is 5.73 Å². The lowest BCUT2D eigenvalue weighted by Crippen LogP contribution is -2.32. The first-order chi connectivity index (χ1) is 10.1. The fourth-order valence-electron chi connectivity index (χ4n) is 2.22. The van der Waals surface area contributed by atoms with E-state index in [1.165, 1.54) is 30.5 Å². The Morgan fingerprint density at radius 2 is 2.19 bits per heavy atom. The van der Waals surface area contributed by atoms with Gasteiger partial charge in [-0.15, -0.1) is 0 Å². The second kappa shape index (κ2) is 5.24. The zero-order valence-electron chi connectivity index (χ0n) is 11.1. The molecule has 2 aromatic heterocycles. The number of nitrogen functional groups attached to an aromatic ring is 1. The predicted octanol–water partition coefficient (Wildman–Crippen LogP) is -1.34. The Morgan fingerprint density at radius 3 is 2.95 bits per heavy atom. The molecule has 1 aliphatic heterocycles. The fraction of sp³-hybridized carbons (Fsp3) is 0.455. The number of oxime groups is 1. The molecule has 3 heterocycles. The number of imidazole rings is 1. The van der Waals surface area contributed by atoms with E-state index in [2.05, 4.69) is 24.9 Å². The van der Waals surface area contributed by atoms with Gasteiger partial charge in [-0.05, 0) is 0 Å². The van der Waals surface area contributed by atoms with Gasteiger partial charge in [-0.25, -0.2) is 15.0 Å². The number of fused-ring (bicyclic) bond motifs is 1. The van der Waals surface area contributed by atoms with E-state index in [-0.39, 0.29) is 5.82 Å². The Hall–Kier alpha value is -2.30. The van der Waals surface area contributed by atoms with Crippen LogP contribution in [0.3, 0.4) is 0 Å². The van der Waals surface area contributed by atoms with Crippen molar-refractivity contribution in [2.45, 2.75) is 24.5 Å². The van der Waals surface area contributed by atoms with Gasteiger partial charge in [0.25, 0.3) is 0 Å². The maximum absolute atomic E-state index is 10.1. The standard InChI is InChI=1S/C11H14N6O4/c1-20-16-2-5-7(18)8(19)11(21-5)17-4-15-6-9(12)13-3-14-10(6)17/h2-5,7-8,11,18-19H,1H3,(H2,12,13,14)/b16-2+. The van der Waals surface area contributed by atoms with Gasteiger partial charge >= 0.3 is 0 Å². The van der Waals surface area contributed by atoms with Crippen molar-refractivity contribution >= 4 is 23.2 Å². The van der Waals surface area contributed by atoms with E-state index in [0.717, 1.165) is 0 Å². The summed E-state index contributed by atoms with van der Waals surface area (Å²) in [5.74, 6) is 0.226. The molecule has 112 valence electrons. The van der Waals surface area contributed by atoms with Crippen LogP contribution in [0.5, 0.6) is 0 Å². The van der Waals surface area contributed by atoms with E-state index in [9.17, 15) is 10.2 Å². The first-order valence-electron chi connectivity index (χ1n) is 6.14. The van der Waals surface area contributed by atoms with E-state index < -0.39 is 24.5 Å². The zero-order valence-corrected chi connectivity index (χ0v) is 11.1. The first kappa shape index (κ1) is 13.7. The van der Waals surface area contributed by atoms with Gasteiger partial charge in [0.05, 0.1) is 12.5 Å². The Morgan fingerprint density at radius 1 is 1.38 bits per heavy atom. The lowest BCUT2D eigenvalue weighted by Gasteiger charge is -2.16. The molecule has 0 radical (unpaired) electrons. The minimum atomic E-state index is -1.17. The maximum Gasteiger partial charge on any atom is 0.167 e. The van der Waals surface area contributed by atoms with Crippen LogP contribution in [0.25, 0.3) is 11.2 Å². The fourth-order valence-corrected chi connectivity index (χ4v) is 2.22. The van der Waals surface area contributed by atoms with Crippen LogP contribution in [-0.2, 0) is 9.57 Å². The summed E-state index contributed by atoms with van der Waals surface area (Å²) in [7, 11) is 1.37. The molecule has 0 bridgehead atoms. The van der Waals surface area contributed by atoms with Gasteiger partial charge in [0.15, 0.2) is 17.7 Å². The third-order valence-electron chi connectivity index (χ3n) is 3.25. The Bertz CT molecular complexity index is 674. The second-order valence-electron chi connectivity index (χ2n) is 4.49. The number of nitrogens with zero attached hydrogens (tertiary/aromatic N) is 5. The van der Waals surface area contributed by atoms with E-state index in [4.69, 9.17) is 10.5 Å². The van der Waals surface area contributed by atoms with Crippen molar-refractivity contribution in [2.75, 3.05) is 12.8 Å². The van der Waals surface area contributed by atoms with Crippen LogP contribution in [0, 0.1) is 0 Å². The summed E-state index contributed by atoms with van der Waals surface area (Å²) in [5.41, 5.74) is 6.51. The van der Waals surface area contributed by atoms with Crippen molar-refractivity contribution in [1.29, 1.82) is 0 Å². The summed E-state index contributed by atoms with van der Waals surface area (Å²) < 4.78 is 7.06. The molecule has 21 heavy (non-hydrogen) atoms. The van der Waals surface area contributed by atoms with E-state index in [1.807, 2.05) is 0 Å². The third kappa shape index (κ3) is 2.18. The Kier molecular flexibility index (Phi) is 3.41. The van der Waals surface area contributed by atoms with Gasteiger partial charge in [-0.3, -0.25) is 4.57 Å². The normalized spacial score (nSPS) is 29.5. The first-order valence-corrected chi connectivity index (χ1v) is 6.14. The molecule has 1 saturated heterocycles. The molecule has 4 atom stereocenters. The highest BCUT2D eigenvalue weighted by Crippen LogP contribution is 2.31. The van der Waals surface area contributed by atoms with Gasteiger partial charge in [0.2, 0.25) is 0 Å². The van der Waals surface area contributed by atoms with Crippen molar-refractivity contribution in [2.24, 2.45) is 5.16 Å². The number of nitrogens with two attached hydrogens (primary N) is 1. The van der Waals surface area contributed by atoms with Crippen molar-refractivity contribution in [3.63, 3.8) is 0 Å². The predicted molar refractivity (Wildman–Crippen MR) is 71.2 cm³/mol. The SMILES string of the molecule is CO/N=C/C1OC(n2cnc3c(N)ncnc32)C(O)C1O. The molecule has 10 heteroatoms. The number of hydrogen-bond acceptors (Lipinski definition) is 9. The highest BCUT2D eigenvalue weighted by Gasteiger charge is 2.43. The molecule has 3 rings (SSSR count). The van der Waals surface area contributed by atoms with Crippen LogP contribution >= 0.6 is 0 Å². The summed E-state index contributed by atoms with van der Waals surface area (Å²) in [6, 6.07) is 0. The van der Waals surface area contributed by atoms with E-state index in [1.54, 1.807) is 0 Å². The number of aliphatic hydroxyl groups is 2. The molecule has 1 aliphatic rings. The van der Waals surface area contributed by atoms with E-state index >= 15 is 0 Å². The van der Waals surface area contributed by atoms with Crippen molar-refractivity contribution in [3.8, 4) is 0 Å². The van der Waals surface area contributed by atoms with Gasteiger partial charge in [0.1, 0.15) is 37.3 Å². The Balaban J connectivity index is 1.96. The van der Waals surface area contributed by atoms with Crippen LogP contribution in [0.15, 0.2) is 17.8 Å². The van der Waals surface area contributed by atoms with Crippen LogP contribution in [-0.4, -0.2) is 61.4 Å². The van der Waals surface area contributed by atoms with Crippen molar-refractivity contribution < 1.29 is 19.8 Å². The highest BCUT2D eigenvalue weighted by atomic mass is 16.6. The number of anilines is 1. The molecule has 0 saturated carbocycles. The molecule has 0 aliphatic carbocycles. The quantitative estimate of drug-likeness (QED) is 0.466. The molecular weight excluding hydrogens is 280 g/mol. The lowest BCUT2D eigenvalue weighted by molar-refractivity contribution is -0.0215. The summed E-state index contributed by atoms with van der Waals surface area (Å²) in [6.07, 6.45) is -0.00778. The number of hydrogen-bond donors (Lipinski definition) is 3. The van der Waals surface area contributed by atoms with Crippen LogP contribution in [0.1, 0.15) is 6.23 Å². The number of rotatable bonds is 3. The molecule has 1 fully saturated rings. The van der Waals surface area contributed by atoms with E-state index in [0.29, 0.717) is 11.2 Å². The molecule has 2 aromatic rings. The number of aliphatic hydroxyl groups excluding tert-OH is 2. The molecule has 4 unspecified atom stereocenters. The lowest BCUT2D eigenvalue weighted by atomic mass is 10.1. The van der Waals surface area contributed by atoms with Crippen LogP contribution in [0.4, 0.5) is 5.82 Å². The van der Waals surface area contributed by atoms with Gasteiger partial charge in [-0.2, -0.15) is 0 Å². The molecule has 0 amide bonds. The molecular formula is C11H14N6O4. The highest BCUT2D eigenvalue weighted by molar-refractivity contribution is 5.81. The number of aromatic nitrogens is 4. The molecule has 4 N–H and O–H groups in total. The summed E-state index contributed by atoms with van der Waals surface area (Å²) in [6.45, 7) is 0. The van der Waals surface area contributed by atoms with Crippen LogP contribution in [0.2, 0.25) is 0 Å². The largest absolute Gasteiger partial charge is 0.399 e. The second-order valence-corrected chi connectivity index (χ2v) is 4.49. The monoisotopic (exact) mass is 294 g/mol. The zero-order chi connectivity index (χ0) is 15.0. The van der Waals surface area contributed by atoms with Gasteiger partial charge in [-0.1, -0.05) is 5.16 Å². The Labute approximate surface area is 118 Å². The molecule has 0 spiro atoms. The molecule has 10 nitrogen and oxygen atoms in total. The maximum atomic E-state index is 10.1. The van der Waals surface area contributed by atoms with Gasteiger partial charge < -0.3 is 25.5 Å². The summed E-state index contributed by atoms with van der Waals surface area (Å²) >= 11 is 0. The average molecular weight is 294 g/mol. The van der Waals surface area contributed by atoms with Crippen molar-refractivity contribution in [3.05, 3.63) is 12.7 Å². The van der Waals surface area contributed by atoms with Crippen molar-refractivity contribution in [1.82, 2.24) is 19.5 Å². The number of ether oxygens (including phenoxy) is 1.